The molecule has 2 heterocycles. The minimum atomic E-state index is -0.511. The first-order chi connectivity index (χ1) is 13.9. The van der Waals surface area contributed by atoms with Crippen molar-refractivity contribution in [2.24, 2.45) is 5.73 Å². The van der Waals surface area contributed by atoms with Crippen LogP contribution in [0.3, 0.4) is 0 Å². The highest BCUT2D eigenvalue weighted by atomic mass is 16.5. The van der Waals surface area contributed by atoms with E-state index in [1.165, 1.54) is 5.56 Å². The molecule has 6 nitrogen and oxygen atoms in total. The summed E-state index contributed by atoms with van der Waals surface area (Å²) in [4.78, 5) is 24.2. The Hall–Kier alpha value is -3.41. The Morgan fingerprint density at radius 3 is 2.52 bits per heavy atom. The van der Waals surface area contributed by atoms with E-state index in [-0.39, 0.29) is 12.3 Å². The lowest BCUT2D eigenvalue weighted by atomic mass is 10.1. The number of methoxy groups -OCH3 is 1. The molecule has 3 aromatic rings. The zero-order valence-electron chi connectivity index (χ0n) is 17.0. The van der Waals surface area contributed by atoms with Crippen molar-refractivity contribution in [2.45, 2.75) is 33.4 Å². The predicted molar refractivity (Wildman–Crippen MR) is 110 cm³/mol. The third-order valence-corrected chi connectivity index (χ3v) is 5.13. The maximum absolute atomic E-state index is 12.9. The Morgan fingerprint density at radius 2 is 1.86 bits per heavy atom. The molecule has 1 amide bonds. The van der Waals surface area contributed by atoms with Crippen LogP contribution in [0.1, 0.15) is 37.7 Å². The van der Waals surface area contributed by atoms with E-state index in [0.717, 1.165) is 30.1 Å². The summed E-state index contributed by atoms with van der Waals surface area (Å²) < 4.78 is 9.05. The van der Waals surface area contributed by atoms with Gasteiger partial charge in [0.05, 0.1) is 7.11 Å². The Labute approximate surface area is 170 Å². The second kappa shape index (κ2) is 8.73. The molecule has 0 aliphatic heterocycles. The molecule has 0 saturated heterocycles. The molecule has 0 fully saturated rings. The van der Waals surface area contributed by atoms with Crippen LogP contribution in [0.15, 0.2) is 54.9 Å². The molecule has 3 rings (SSSR count). The van der Waals surface area contributed by atoms with Crippen LogP contribution < -0.4 is 15.0 Å². The van der Waals surface area contributed by atoms with Crippen LogP contribution in [0.4, 0.5) is 0 Å². The van der Waals surface area contributed by atoms with Gasteiger partial charge >= 0.3 is 0 Å². The minimum absolute atomic E-state index is 0.000387. The number of Topliss-reactive ketones (excluding diaryl/α,β-unsaturated/α-hetero) is 1. The maximum Gasteiger partial charge on any atom is 0.254 e. The highest BCUT2D eigenvalue weighted by molar-refractivity contribution is 5.96. The summed E-state index contributed by atoms with van der Waals surface area (Å²) in [7, 11) is 1.66. The summed E-state index contributed by atoms with van der Waals surface area (Å²) in [5.41, 5.74) is 9.62. The normalized spacial score (nSPS) is 10.7. The molecule has 0 aliphatic rings. The molecular weight excluding hydrogens is 366 g/mol. The number of pyridine rings is 1. The summed E-state index contributed by atoms with van der Waals surface area (Å²) in [5, 5.41) is 0. The van der Waals surface area contributed by atoms with Crippen molar-refractivity contribution in [1.82, 2.24) is 4.57 Å². The van der Waals surface area contributed by atoms with E-state index in [2.05, 4.69) is 16.7 Å². The quantitative estimate of drug-likeness (QED) is 0.473. The van der Waals surface area contributed by atoms with Crippen LogP contribution in [0.25, 0.3) is 0 Å². The number of carbonyl (C=O) groups excluding carboxylic acids is 2. The van der Waals surface area contributed by atoms with Gasteiger partial charge in [-0.2, -0.15) is 4.57 Å². The van der Waals surface area contributed by atoms with Gasteiger partial charge in [0.15, 0.2) is 12.4 Å². The molecule has 29 heavy (non-hydrogen) atoms. The van der Waals surface area contributed by atoms with Crippen LogP contribution in [0.5, 0.6) is 5.75 Å². The lowest BCUT2D eigenvalue weighted by Crippen LogP contribution is -2.38. The summed E-state index contributed by atoms with van der Waals surface area (Å²) in [5.74, 6) is 0.330. The molecule has 2 N–H and O–H groups in total. The predicted octanol–water partition coefficient (Wildman–Crippen LogP) is 2.63. The zero-order chi connectivity index (χ0) is 21.0. The summed E-state index contributed by atoms with van der Waals surface area (Å²) in [6, 6.07) is 13.3. The standard InChI is InChI=1S/C23H25N3O3/c1-16-13-21(22(27)15-25-11-4-5-19(14-25)23(24)28)17(2)26(16)12-10-18-6-8-20(29-3)9-7-18/h4-9,11,13-14H,10,12,15H2,1-3H3,(H-,24,28)/p+1. The fourth-order valence-corrected chi connectivity index (χ4v) is 3.48. The van der Waals surface area contributed by atoms with Gasteiger partial charge in [0.2, 0.25) is 12.3 Å². The van der Waals surface area contributed by atoms with Crippen molar-refractivity contribution >= 4 is 11.7 Å². The van der Waals surface area contributed by atoms with E-state index in [9.17, 15) is 9.59 Å². The van der Waals surface area contributed by atoms with Crippen molar-refractivity contribution in [3.8, 4) is 5.75 Å². The fourth-order valence-electron chi connectivity index (χ4n) is 3.48. The molecule has 150 valence electrons. The minimum Gasteiger partial charge on any atom is -0.497 e. The highest BCUT2D eigenvalue weighted by Gasteiger charge is 2.19. The van der Waals surface area contributed by atoms with E-state index < -0.39 is 5.91 Å². The van der Waals surface area contributed by atoms with Crippen molar-refractivity contribution in [3.05, 3.63) is 82.9 Å². The second-order valence-corrected chi connectivity index (χ2v) is 7.09. The summed E-state index contributed by atoms with van der Waals surface area (Å²) in [6.45, 7) is 4.93. The van der Waals surface area contributed by atoms with Crippen LogP contribution in [0.2, 0.25) is 0 Å². The molecule has 6 heteroatoms. The number of hydrogen-bond acceptors (Lipinski definition) is 3. The first kappa shape index (κ1) is 20.3. The average Bonchev–Trinajstić information content (AvgIpc) is 3.00. The number of rotatable bonds is 8. The van der Waals surface area contributed by atoms with Gasteiger partial charge in [-0.05, 0) is 50.1 Å². The number of hydrogen-bond donors (Lipinski definition) is 1. The third kappa shape index (κ3) is 4.71. The number of primary amides is 1. The van der Waals surface area contributed by atoms with Crippen molar-refractivity contribution < 1.29 is 18.9 Å². The number of benzene rings is 1. The van der Waals surface area contributed by atoms with Crippen LogP contribution >= 0.6 is 0 Å². The van der Waals surface area contributed by atoms with E-state index in [0.29, 0.717) is 11.1 Å². The van der Waals surface area contributed by atoms with Crippen molar-refractivity contribution in [2.75, 3.05) is 7.11 Å². The second-order valence-electron chi connectivity index (χ2n) is 7.09. The molecule has 0 aliphatic carbocycles. The van der Waals surface area contributed by atoms with Crippen LogP contribution in [-0.2, 0) is 19.5 Å². The first-order valence-corrected chi connectivity index (χ1v) is 9.51. The van der Waals surface area contributed by atoms with E-state index in [4.69, 9.17) is 10.5 Å². The van der Waals surface area contributed by atoms with E-state index in [1.54, 1.807) is 36.2 Å². The number of ether oxygens (including phenoxy) is 1. The van der Waals surface area contributed by atoms with Gasteiger partial charge in [-0.3, -0.25) is 9.59 Å². The van der Waals surface area contributed by atoms with Crippen molar-refractivity contribution in [1.29, 1.82) is 0 Å². The number of ketones is 1. The third-order valence-electron chi connectivity index (χ3n) is 5.13. The zero-order valence-corrected chi connectivity index (χ0v) is 17.0. The molecule has 0 saturated carbocycles. The lowest BCUT2D eigenvalue weighted by Gasteiger charge is -2.10. The molecule has 0 bridgehead atoms. The summed E-state index contributed by atoms with van der Waals surface area (Å²) >= 11 is 0. The lowest BCUT2D eigenvalue weighted by molar-refractivity contribution is -0.683. The fraction of sp³-hybridized carbons (Fsp3) is 0.261. The van der Waals surface area contributed by atoms with E-state index >= 15 is 0 Å². The largest absolute Gasteiger partial charge is 0.497 e. The van der Waals surface area contributed by atoms with Gasteiger partial charge in [0.25, 0.3) is 5.91 Å². The molecular formula is C23H26N3O3+. The van der Waals surface area contributed by atoms with Gasteiger partial charge in [-0.25, -0.2) is 0 Å². The Bertz CT molecular complexity index is 1040. The molecule has 1 aromatic carbocycles. The molecule has 0 spiro atoms. The van der Waals surface area contributed by atoms with Gasteiger partial charge in [0.1, 0.15) is 11.3 Å². The Balaban J connectivity index is 1.73. The number of aromatic nitrogens is 2. The molecule has 0 atom stereocenters. The van der Waals surface area contributed by atoms with Gasteiger partial charge < -0.3 is 15.0 Å². The number of carbonyl (C=O) groups is 2. The number of amides is 1. The molecule has 0 radical (unpaired) electrons. The Kier molecular flexibility index (Phi) is 6.12. The van der Waals surface area contributed by atoms with Crippen molar-refractivity contribution in [3.63, 3.8) is 0 Å². The number of aryl methyl sites for hydroxylation is 2. The molecule has 0 unspecified atom stereocenters. The van der Waals surface area contributed by atoms with Gasteiger partial charge in [0, 0.05) is 29.6 Å². The van der Waals surface area contributed by atoms with Crippen LogP contribution in [-0.4, -0.2) is 23.4 Å². The SMILES string of the molecule is COc1ccc(CCn2c(C)cc(C(=O)C[n+]3cccc(C(N)=O)c3)c2C)cc1. The maximum atomic E-state index is 12.9. The topological polar surface area (TPSA) is 78.2 Å². The van der Waals surface area contributed by atoms with Crippen LogP contribution in [0, 0.1) is 13.8 Å². The van der Waals surface area contributed by atoms with Gasteiger partial charge in [-0.15, -0.1) is 0 Å². The summed E-state index contributed by atoms with van der Waals surface area (Å²) in [6.07, 6.45) is 4.22. The molecule has 2 aromatic heterocycles. The highest BCUT2D eigenvalue weighted by Crippen LogP contribution is 2.18. The average molecular weight is 392 g/mol. The van der Waals surface area contributed by atoms with E-state index in [1.807, 2.05) is 32.0 Å². The number of nitrogens with zero attached hydrogens (tertiary/aromatic N) is 2. The monoisotopic (exact) mass is 392 g/mol. The Morgan fingerprint density at radius 1 is 1.14 bits per heavy atom. The number of nitrogens with two attached hydrogens (primary N) is 1. The smallest absolute Gasteiger partial charge is 0.254 e. The van der Waals surface area contributed by atoms with Gasteiger partial charge in [-0.1, -0.05) is 12.1 Å². The first-order valence-electron chi connectivity index (χ1n) is 9.51.